The number of nitrogens with one attached hydrogen (secondary N) is 1. The molecule has 0 amide bonds. The summed E-state index contributed by atoms with van der Waals surface area (Å²) < 4.78 is 26.4. The number of benzene rings is 3. The number of hydrogen-bond acceptors (Lipinski definition) is 1. The van der Waals surface area contributed by atoms with E-state index < -0.39 is 0 Å². The number of hydrogen-bond donors (Lipinski definition) is 1. The van der Waals surface area contributed by atoms with E-state index in [0.29, 0.717) is 0 Å². The first-order valence-electron chi connectivity index (χ1n) is 7.46. The molecular formula is C20H17F2N. The summed E-state index contributed by atoms with van der Waals surface area (Å²) >= 11 is 0. The molecule has 116 valence electrons. The topological polar surface area (TPSA) is 12.0 Å². The van der Waals surface area contributed by atoms with E-state index in [1.165, 1.54) is 29.8 Å². The second kappa shape index (κ2) is 6.61. The highest BCUT2D eigenvalue weighted by atomic mass is 19.1. The Hall–Kier alpha value is -2.68. The van der Waals surface area contributed by atoms with Crippen molar-refractivity contribution in [3.05, 3.63) is 101 Å². The van der Waals surface area contributed by atoms with Gasteiger partial charge in [-0.1, -0.05) is 42.0 Å². The Bertz CT molecular complexity index is 717. The first kappa shape index (κ1) is 15.2. The van der Waals surface area contributed by atoms with Crippen LogP contribution in [-0.2, 0) is 0 Å². The molecule has 0 aliphatic carbocycles. The zero-order valence-corrected chi connectivity index (χ0v) is 12.8. The van der Waals surface area contributed by atoms with Crippen molar-refractivity contribution in [1.29, 1.82) is 0 Å². The van der Waals surface area contributed by atoms with Crippen molar-refractivity contribution in [3.8, 4) is 0 Å². The molecule has 3 heteroatoms. The van der Waals surface area contributed by atoms with E-state index in [1.54, 1.807) is 24.3 Å². The molecule has 3 aromatic rings. The minimum Gasteiger partial charge on any atom is -0.374 e. The largest absolute Gasteiger partial charge is 0.374 e. The third kappa shape index (κ3) is 3.75. The molecule has 23 heavy (non-hydrogen) atoms. The van der Waals surface area contributed by atoms with E-state index >= 15 is 0 Å². The van der Waals surface area contributed by atoms with Crippen LogP contribution < -0.4 is 5.32 Å². The smallest absolute Gasteiger partial charge is 0.123 e. The molecule has 0 bridgehead atoms. The Kier molecular flexibility index (Phi) is 4.38. The minimum atomic E-state index is -0.276. The van der Waals surface area contributed by atoms with Gasteiger partial charge in [-0.2, -0.15) is 0 Å². The lowest BCUT2D eigenvalue weighted by Gasteiger charge is -2.21. The Labute approximate surface area is 134 Å². The maximum atomic E-state index is 13.2. The van der Waals surface area contributed by atoms with E-state index in [-0.39, 0.29) is 17.7 Å². The Morgan fingerprint density at radius 1 is 0.652 bits per heavy atom. The van der Waals surface area contributed by atoms with Crippen molar-refractivity contribution < 1.29 is 8.78 Å². The molecule has 0 fully saturated rings. The lowest BCUT2D eigenvalue weighted by Crippen LogP contribution is -2.12. The fraction of sp³-hybridized carbons (Fsp3) is 0.100. The van der Waals surface area contributed by atoms with Gasteiger partial charge < -0.3 is 5.32 Å². The van der Waals surface area contributed by atoms with Crippen molar-refractivity contribution in [2.75, 3.05) is 5.32 Å². The molecule has 3 rings (SSSR count). The van der Waals surface area contributed by atoms with E-state index in [4.69, 9.17) is 0 Å². The van der Waals surface area contributed by atoms with E-state index in [0.717, 1.165) is 16.8 Å². The van der Waals surface area contributed by atoms with Gasteiger partial charge in [-0.3, -0.25) is 0 Å². The van der Waals surface area contributed by atoms with Gasteiger partial charge in [0.15, 0.2) is 0 Å². The summed E-state index contributed by atoms with van der Waals surface area (Å²) in [7, 11) is 0. The van der Waals surface area contributed by atoms with Crippen LogP contribution in [0.1, 0.15) is 22.7 Å². The standard InChI is InChI=1S/C20H17F2N/c1-14-2-12-19(13-3-14)23-20(15-4-8-17(21)9-5-15)16-6-10-18(22)11-7-16/h2-13,20,23H,1H3. The molecule has 0 atom stereocenters. The Morgan fingerprint density at radius 3 is 1.52 bits per heavy atom. The molecule has 0 saturated heterocycles. The first-order valence-corrected chi connectivity index (χ1v) is 7.46. The Balaban J connectivity index is 1.97. The van der Waals surface area contributed by atoms with Crippen molar-refractivity contribution in [3.63, 3.8) is 0 Å². The van der Waals surface area contributed by atoms with Crippen LogP contribution in [0.5, 0.6) is 0 Å². The summed E-state index contributed by atoms with van der Waals surface area (Å²) in [5.74, 6) is -0.552. The summed E-state index contributed by atoms with van der Waals surface area (Å²) in [5, 5.41) is 3.43. The Morgan fingerprint density at radius 2 is 1.09 bits per heavy atom. The third-order valence-corrected chi connectivity index (χ3v) is 3.77. The third-order valence-electron chi connectivity index (χ3n) is 3.77. The van der Waals surface area contributed by atoms with Gasteiger partial charge in [0.1, 0.15) is 11.6 Å². The monoisotopic (exact) mass is 309 g/mol. The zero-order valence-electron chi connectivity index (χ0n) is 12.8. The molecule has 0 spiro atoms. The van der Waals surface area contributed by atoms with Crippen LogP contribution in [-0.4, -0.2) is 0 Å². The van der Waals surface area contributed by atoms with Crippen LogP contribution in [0.15, 0.2) is 72.8 Å². The number of aryl methyl sites for hydroxylation is 1. The van der Waals surface area contributed by atoms with Gasteiger partial charge >= 0.3 is 0 Å². The summed E-state index contributed by atoms with van der Waals surface area (Å²) in [6.07, 6.45) is 0. The van der Waals surface area contributed by atoms with Gasteiger partial charge in [0.25, 0.3) is 0 Å². The summed E-state index contributed by atoms with van der Waals surface area (Å²) in [5.41, 5.74) is 3.96. The highest BCUT2D eigenvalue weighted by molar-refractivity contribution is 5.50. The average Bonchev–Trinajstić information content (AvgIpc) is 2.56. The zero-order chi connectivity index (χ0) is 16.2. The molecule has 0 saturated carbocycles. The van der Waals surface area contributed by atoms with Gasteiger partial charge in [-0.25, -0.2) is 8.78 Å². The van der Waals surface area contributed by atoms with Gasteiger partial charge in [-0.15, -0.1) is 0 Å². The quantitative estimate of drug-likeness (QED) is 0.673. The molecule has 0 aromatic heterocycles. The van der Waals surface area contributed by atoms with Crippen LogP contribution in [0.4, 0.5) is 14.5 Å². The van der Waals surface area contributed by atoms with Crippen molar-refractivity contribution in [2.24, 2.45) is 0 Å². The fourth-order valence-corrected chi connectivity index (χ4v) is 2.49. The van der Waals surface area contributed by atoms with Crippen molar-refractivity contribution >= 4 is 5.69 Å². The van der Waals surface area contributed by atoms with Gasteiger partial charge in [0, 0.05) is 5.69 Å². The van der Waals surface area contributed by atoms with Crippen LogP contribution >= 0.6 is 0 Å². The van der Waals surface area contributed by atoms with E-state index in [1.807, 2.05) is 31.2 Å². The van der Waals surface area contributed by atoms with E-state index in [2.05, 4.69) is 5.32 Å². The number of rotatable bonds is 4. The molecule has 1 nitrogen and oxygen atoms in total. The highest BCUT2D eigenvalue weighted by Crippen LogP contribution is 2.27. The van der Waals surface area contributed by atoms with Crippen molar-refractivity contribution in [2.45, 2.75) is 13.0 Å². The van der Waals surface area contributed by atoms with Crippen LogP contribution in [0.25, 0.3) is 0 Å². The van der Waals surface area contributed by atoms with Gasteiger partial charge in [0.05, 0.1) is 6.04 Å². The van der Waals surface area contributed by atoms with Crippen LogP contribution in [0.2, 0.25) is 0 Å². The molecular weight excluding hydrogens is 292 g/mol. The second-order valence-corrected chi connectivity index (χ2v) is 5.55. The number of anilines is 1. The average molecular weight is 309 g/mol. The number of halogens is 2. The summed E-state index contributed by atoms with van der Waals surface area (Å²) in [6.45, 7) is 2.03. The highest BCUT2D eigenvalue weighted by Gasteiger charge is 2.14. The SMILES string of the molecule is Cc1ccc(NC(c2ccc(F)cc2)c2ccc(F)cc2)cc1. The first-order chi connectivity index (χ1) is 11.1. The molecule has 0 aliphatic heterocycles. The molecule has 0 unspecified atom stereocenters. The molecule has 1 N–H and O–H groups in total. The summed E-state index contributed by atoms with van der Waals surface area (Å²) in [6, 6.07) is 20.5. The van der Waals surface area contributed by atoms with E-state index in [9.17, 15) is 8.78 Å². The maximum absolute atomic E-state index is 13.2. The van der Waals surface area contributed by atoms with Gasteiger partial charge in [0.2, 0.25) is 0 Å². The fourth-order valence-electron chi connectivity index (χ4n) is 2.49. The molecule has 0 aliphatic rings. The van der Waals surface area contributed by atoms with Gasteiger partial charge in [-0.05, 0) is 54.4 Å². The lowest BCUT2D eigenvalue weighted by atomic mass is 9.98. The lowest BCUT2D eigenvalue weighted by molar-refractivity contribution is 0.625. The summed E-state index contributed by atoms with van der Waals surface area (Å²) in [4.78, 5) is 0. The normalized spacial score (nSPS) is 10.8. The predicted molar refractivity (Wildman–Crippen MR) is 89.4 cm³/mol. The minimum absolute atomic E-state index is 0.182. The van der Waals surface area contributed by atoms with Crippen LogP contribution in [0.3, 0.4) is 0 Å². The maximum Gasteiger partial charge on any atom is 0.123 e. The predicted octanol–water partition coefficient (Wildman–Crippen LogP) is 5.47. The molecule has 0 radical (unpaired) electrons. The second-order valence-electron chi connectivity index (χ2n) is 5.55. The molecule has 0 heterocycles. The van der Waals surface area contributed by atoms with Crippen molar-refractivity contribution in [1.82, 2.24) is 0 Å². The molecule has 3 aromatic carbocycles. The van der Waals surface area contributed by atoms with Crippen LogP contribution in [0, 0.1) is 18.6 Å².